The van der Waals surface area contributed by atoms with Crippen LogP contribution in [0.3, 0.4) is 0 Å². The second-order valence-corrected chi connectivity index (χ2v) is 2.66. The summed E-state index contributed by atoms with van der Waals surface area (Å²) in [6.07, 6.45) is 10.00. The van der Waals surface area contributed by atoms with Crippen LogP contribution in [-0.2, 0) is 0 Å². The minimum Gasteiger partial charge on any atom is -0.120 e. The van der Waals surface area contributed by atoms with Gasteiger partial charge in [0.1, 0.15) is 0 Å². The van der Waals surface area contributed by atoms with Crippen molar-refractivity contribution in [1.29, 1.82) is 0 Å². The topological polar surface area (TPSA) is 0 Å². The SMILES string of the molecule is C#CCC(C)CCCC. The van der Waals surface area contributed by atoms with Crippen LogP contribution in [0.25, 0.3) is 0 Å². The maximum Gasteiger partial charge on any atom is 0.0112 e. The Balaban J connectivity index is 3.08. The fourth-order valence-electron chi connectivity index (χ4n) is 0.856. The second-order valence-electron chi connectivity index (χ2n) is 2.66. The van der Waals surface area contributed by atoms with E-state index in [1.807, 2.05) is 0 Å². The van der Waals surface area contributed by atoms with Crippen molar-refractivity contribution in [3.63, 3.8) is 0 Å². The molecule has 1 atom stereocenters. The van der Waals surface area contributed by atoms with Crippen LogP contribution in [-0.4, -0.2) is 0 Å². The van der Waals surface area contributed by atoms with Crippen LogP contribution < -0.4 is 0 Å². The van der Waals surface area contributed by atoms with Gasteiger partial charge in [0.15, 0.2) is 0 Å². The zero-order valence-corrected chi connectivity index (χ0v) is 6.48. The van der Waals surface area contributed by atoms with Gasteiger partial charge in [-0.15, -0.1) is 12.3 Å². The smallest absolute Gasteiger partial charge is 0.0112 e. The Morgan fingerprint density at radius 1 is 1.56 bits per heavy atom. The molecule has 0 rings (SSSR count). The Kier molecular flexibility index (Phi) is 5.41. The van der Waals surface area contributed by atoms with Crippen molar-refractivity contribution in [2.75, 3.05) is 0 Å². The largest absolute Gasteiger partial charge is 0.120 e. The van der Waals surface area contributed by atoms with E-state index in [-0.39, 0.29) is 0 Å². The number of unbranched alkanes of at least 4 members (excludes halogenated alkanes) is 1. The molecule has 0 aliphatic carbocycles. The van der Waals surface area contributed by atoms with Crippen molar-refractivity contribution < 1.29 is 0 Å². The zero-order chi connectivity index (χ0) is 7.11. The maximum absolute atomic E-state index is 5.15. The maximum atomic E-state index is 5.15. The summed E-state index contributed by atoms with van der Waals surface area (Å²) in [7, 11) is 0. The highest BCUT2D eigenvalue weighted by Gasteiger charge is 1.96. The molecule has 0 heteroatoms. The van der Waals surface area contributed by atoms with Crippen LogP contribution in [0.4, 0.5) is 0 Å². The van der Waals surface area contributed by atoms with E-state index in [1.165, 1.54) is 19.3 Å². The third-order valence-electron chi connectivity index (χ3n) is 1.52. The van der Waals surface area contributed by atoms with Crippen LogP contribution in [0.1, 0.15) is 39.5 Å². The molecule has 0 nitrogen and oxygen atoms in total. The van der Waals surface area contributed by atoms with Gasteiger partial charge in [-0.05, 0) is 12.3 Å². The number of hydrogen-bond acceptors (Lipinski definition) is 0. The van der Waals surface area contributed by atoms with Crippen LogP contribution in [0.2, 0.25) is 0 Å². The van der Waals surface area contributed by atoms with Gasteiger partial charge in [0, 0.05) is 6.42 Å². The Morgan fingerprint density at radius 2 is 2.22 bits per heavy atom. The van der Waals surface area contributed by atoms with Gasteiger partial charge in [-0.2, -0.15) is 0 Å². The van der Waals surface area contributed by atoms with Crippen molar-refractivity contribution in [2.24, 2.45) is 5.92 Å². The molecule has 1 unspecified atom stereocenters. The van der Waals surface area contributed by atoms with Crippen LogP contribution in [0.15, 0.2) is 0 Å². The standard InChI is InChI=1S/C9H16/c1-4-6-8-9(3)7-5-2/h2,9H,4,6-8H2,1,3H3. The molecule has 0 aromatic heterocycles. The van der Waals surface area contributed by atoms with Crippen molar-refractivity contribution in [2.45, 2.75) is 39.5 Å². The molecule has 0 aliphatic rings. The normalized spacial score (nSPS) is 12.6. The minimum absolute atomic E-state index is 0.731. The molecule has 0 N–H and O–H groups in total. The van der Waals surface area contributed by atoms with Crippen molar-refractivity contribution in [3.8, 4) is 12.3 Å². The lowest BCUT2D eigenvalue weighted by Gasteiger charge is -2.04. The first-order valence-electron chi connectivity index (χ1n) is 3.74. The molecule has 52 valence electrons. The first-order chi connectivity index (χ1) is 4.31. The van der Waals surface area contributed by atoms with Gasteiger partial charge in [0.25, 0.3) is 0 Å². The summed E-state index contributed by atoms with van der Waals surface area (Å²) < 4.78 is 0. The monoisotopic (exact) mass is 124 g/mol. The van der Waals surface area contributed by atoms with Crippen LogP contribution >= 0.6 is 0 Å². The molecule has 0 saturated heterocycles. The molecule has 0 radical (unpaired) electrons. The van der Waals surface area contributed by atoms with E-state index in [9.17, 15) is 0 Å². The van der Waals surface area contributed by atoms with Gasteiger partial charge in [-0.1, -0.05) is 26.7 Å². The average Bonchev–Trinajstić information content (AvgIpc) is 1.85. The molecule has 0 spiro atoms. The predicted molar refractivity (Wildman–Crippen MR) is 42.1 cm³/mol. The zero-order valence-electron chi connectivity index (χ0n) is 6.48. The van der Waals surface area contributed by atoms with E-state index in [1.54, 1.807) is 0 Å². The van der Waals surface area contributed by atoms with E-state index in [4.69, 9.17) is 6.42 Å². The number of rotatable bonds is 4. The second kappa shape index (κ2) is 5.69. The summed E-state index contributed by atoms with van der Waals surface area (Å²) >= 11 is 0. The van der Waals surface area contributed by atoms with Gasteiger partial charge in [-0.25, -0.2) is 0 Å². The van der Waals surface area contributed by atoms with Gasteiger partial charge in [0.2, 0.25) is 0 Å². The molecule has 0 heterocycles. The van der Waals surface area contributed by atoms with E-state index in [2.05, 4.69) is 19.8 Å². The van der Waals surface area contributed by atoms with E-state index in [0.29, 0.717) is 0 Å². The highest BCUT2D eigenvalue weighted by molar-refractivity contribution is 4.85. The van der Waals surface area contributed by atoms with Gasteiger partial charge >= 0.3 is 0 Å². The molecule has 9 heavy (non-hydrogen) atoms. The molecular formula is C9H16. The number of hydrogen-bond donors (Lipinski definition) is 0. The van der Waals surface area contributed by atoms with Gasteiger partial charge in [0.05, 0.1) is 0 Å². The predicted octanol–water partition coefficient (Wildman–Crippen LogP) is 2.84. The van der Waals surface area contributed by atoms with Gasteiger partial charge < -0.3 is 0 Å². The molecule has 0 saturated carbocycles. The molecule has 0 aromatic rings. The van der Waals surface area contributed by atoms with Gasteiger partial charge in [-0.3, -0.25) is 0 Å². The van der Waals surface area contributed by atoms with Crippen LogP contribution in [0.5, 0.6) is 0 Å². The van der Waals surface area contributed by atoms with E-state index >= 15 is 0 Å². The highest BCUT2D eigenvalue weighted by atomic mass is 14.0. The van der Waals surface area contributed by atoms with E-state index < -0.39 is 0 Å². The fourth-order valence-corrected chi connectivity index (χ4v) is 0.856. The summed E-state index contributed by atoms with van der Waals surface area (Å²) in [5.41, 5.74) is 0. The molecule has 0 fully saturated rings. The molecule has 0 aliphatic heterocycles. The van der Waals surface area contributed by atoms with E-state index in [0.717, 1.165) is 12.3 Å². The number of terminal acetylenes is 1. The lowest BCUT2D eigenvalue weighted by Crippen LogP contribution is -1.91. The summed E-state index contributed by atoms with van der Waals surface area (Å²) in [6.45, 7) is 4.43. The minimum atomic E-state index is 0.731. The quantitative estimate of drug-likeness (QED) is 0.505. The Bertz CT molecular complexity index is 86.7. The lowest BCUT2D eigenvalue weighted by molar-refractivity contribution is 0.518. The van der Waals surface area contributed by atoms with Crippen molar-refractivity contribution in [3.05, 3.63) is 0 Å². The lowest BCUT2D eigenvalue weighted by atomic mass is 10.0. The highest BCUT2D eigenvalue weighted by Crippen LogP contribution is 2.09. The third-order valence-corrected chi connectivity index (χ3v) is 1.52. The average molecular weight is 124 g/mol. The molecule has 0 amide bonds. The van der Waals surface area contributed by atoms with Crippen molar-refractivity contribution >= 4 is 0 Å². The Hall–Kier alpha value is -0.440. The fraction of sp³-hybridized carbons (Fsp3) is 0.778. The first-order valence-corrected chi connectivity index (χ1v) is 3.74. The molecular weight excluding hydrogens is 108 g/mol. The molecule has 0 bridgehead atoms. The first kappa shape index (κ1) is 8.56. The van der Waals surface area contributed by atoms with Crippen LogP contribution in [0, 0.1) is 18.3 Å². The third kappa shape index (κ3) is 5.43. The molecule has 0 aromatic carbocycles. The summed E-state index contributed by atoms with van der Waals surface area (Å²) in [4.78, 5) is 0. The summed E-state index contributed by atoms with van der Waals surface area (Å²) in [6, 6.07) is 0. The summed E-state index contributed by atoms with van der Waals surface area (Å²) in [5, 5.41) is 0. The van der Waals surface area contributed by atoms with Crippen molar-refractivity contribution in [1.82, 2.24) is 0 Å². The Labute approximate surface area is 58.7 Å². The Morgan fingerprint density at radius 3 is 2.67 bits per heavy atom. The summed E-state index contributed by atoms with van der Waals surface area (Å²) in [5.74, 6) is 3.41.